The third-order valence-electron chi connectivity index (χ3n) is 5.31. The van der Waals surface area contributed by atoms with Crippen LogP contribution in [0.25, 0.3) is 11.0 Å². The molecule has 1 amide bonds. The number of imidazole rings is 1. The maximum Gasteiger partial charge on any atom is 0.240 e. The minimum absolute atomic E-state index is 0.0324. The molecule has 2 aromatic carbocycles. The number of ether oxygens (including phenoxy) is 2. The van der Waals surface area contributed by atoms with Crippen LogP contribution in [-0.2, 0) is 17.8 Å². The van der Waals surface area contributed by atoms with E-state index in [0.717, 1.165) is 59.6 Å². The van der Waals surface area contributed by atoms with Crippen molar-refractivity contribution in [1.29, 1.82) is 0 Å². The number of carbonyl (C=O) groups is 1. The maximum absolute atomic E-state index is 12.8. The summed E-state index contributed by atoms with van der Waals surface area (Å²) >= 11 is 0. The largest absolute Gasteiger partial charge is 0.454 e. The Morgan fingerprint density at radius 3 is 2.86 bits per heavy atom. The fraction of sp³-hybridized carbons (Fsp3) is 0.391. The van der Waals surface area contributed by atoms with Crippen LogP contribution in [0.4, 0.5) is 0 Å². The monoisotopic (exact) mass is 393 g/mol. The highest BCUT2D eigenvalue weighted by Gasteiger charge is 2.18. The number of fused-ring (bicyclic) bond motifs is 2. The van der Waals surface area contributed by atoms with E-state index in [2.05, 4.69) is 12.2 Å². The van der Waals surface area contributed by atoms with E-state index in [1.54, 1.807) is 0 Å². The van der Waals surface area contributed by atoms with Gasteiger partial charge < -0.3 is 19.4 Å². The van der Waals surface area contributed by atoms with Crippen LogP contribution in [-0.4, -0.2) is 22.3 Å². The topological polar surface area (TPSA) is 65.4 Å². The fourth-order valence-corrected chi connectivity index (χ4v) is 3.72. The summed E-state index contributed by atoms with van der Waals surface area (Å²) in [6, 6.07) is 13.6. The van der Waals surface area contributed by atoms with Crippen molar-refractivity contribution in [2.45, 2.75) is 52.1 Å². The highest BCUT2D eigenvalue weighted by molar-refractivity contribution is 5.81. The van der Waals surface area contributed by atoms with Crippen LogP contribution in [0.3, 0.4) is 0 Å². The van der Waals surface area contributed by atoms with E-state index in [-0.39, 0.29) is 25.3 Å². The van der Waals surface area contributed by atoms with Crippen molar-refractivity contribution in [2.24, 2.45) is 0 Å². The average molecular weight is 393 g/mol. The molecular weight excluding hydrogens is 366 g/mol. The standard InChI is InChI=1S/C23H27N3O3/c1-3-4-5-10-22-25-18-8-6-7-9-19(18)26(22)14-23(27)24-16(2)17-11-12-20-21(13-17)29-15-28-20/h6-9,11-13,16H,3-5,10,14-15H2,1-2H3,(H,24,27). The SMILES string of the molecule is CCCCCc1nc2ccccc2n1CC(=O)NC(C)c1ccc2c(c1)OCO2. The van der Waals surface area contributed by atoms with Crippen molar-refractivity contribution in [1.82, 2.24) is 14.9 Å². The molecule has 6 nitrogen and oxygen atoms in total. The minimum atomic E-state index is -0.129. The molecule has 1 unspecified atom stereocenters. The molecule has 1 aliphatic heterocycles. The molecule has 0 aliphatic carbocycles. The molecule has 1 N–H and O–H groups in total. The summed E-state index contributed by atoms with van der Waals surface area (Å²) in [4.78, 5) is 17.6. The summed E-state index contributed by atoms with van der Waals surface area (Å²) in [6.45, 7) is 4.67. The molecule has 0 saturated carbocycles. The van der Waals surface area contributed by atoms with Gasteiger partial charge in [-0.3, -0.25) is 4.79 Å². The molecule has 1 aliphatic rings. The van der Waals surface area contributed by atoms with E-state index in [4.69, 9.17) is 14.5 Å². The molecular formula is C23H27N3O3. The number of aromatic nitrogens is 2. The lowest BCUT2D eigenvalue weighted by Crippen LogP contribution is -2.30. The van der Waals surface area contributed by atoms with Gasteiger partial charge >= 0.3 is 0 Å². The van der Waals surface area contributed by atoms with Crippen LogP contribution in [0.15, 0.2) is 42.5 Å². The van der Waals surface area contributed by atoms with E-state index >= 15 is 0 Å². The van der Waals surface area contributed by atoms with E-state index in [9.17, 15) is 4.79 Å². The number of hydrogen-bond acceptors (Lipinski definition) is 4. The zero-order valence-corrected chi connectivity index (χ0v) is 17.0. The first-order valence-corrected chi connectivity index (χ1v) is 10.3. The number of rotatable bonds is 8. The number of unbranched alkanes of at least 4 members (excludes halogenated alkanes) is 2. The summed E-state index contributed by atoms with van der Waals surface area (Å²) in [6.07, 6.45) is 4.28. The van der Waals surface area contributed by atoms with Gasteiger partial charge in [-0.05, 0) is 43.2 Å². The van der Waals surface area contributed by atoms with Gasteiger partial charge in [0, 0.05) is 6.42 Å². The quantitative estimate of drug-likeness (QED) is 0.577. The van der Waals surface area contributed by atoms with Crippen molar-refractivity contribution < 1.29 is 14.3 Å². The zero-order valence-electron chi connectivity index (χ0n) is 17.0. The predicted molar refractivity (Wildman–Crippen MR) is 112 cm³/mol. The molecule has 29 heavy (non-hydrogen) atoms. The van der Waals surface area contributed by atoms with Crippen LogP contribution in [0.2, 0.25) is 0 Å². The normalized spacial score (nSPS) is 13.6. The predicted octanol–water partition coefficient (Wildman–Crippen LogP) is 4.38. The van der Waals surface area contributed by atoms with Gasteiger partial charge in [0.15, 0.2) is 11.5 Å². The Kier molecular flexibility index (Phi) is 5.69. The molecule has 4 rings (SSSR count). The van der Waals surface area contributed by atoms with E-state index in [1.165, 1.54) is 0 Å². The summed E-state index contributed by atoms with van der Waals surface area (Å²) in [7, 11) is 0. The molecule has 1 aromatic heterocycles. The first-order valence-electron chi connectivity index (χ1n) is 10.3. The number of amides is 1. The van der Waals surface area contributed by atoms with E-state index < -0.39 is 0 Å². The lowest BCUT2D eigenvalue weighted by atomic mass is 10.1. The van der Waals surface area contributed by atoms with Gasteiger partial charge in [-0.25, -0.2) is 4.98 Å². The Balaban J connectivity index is 1.48. The molecule has 2 heterocycles. The van der Waals surface area contributed by atoms with Crippen LogP contribution in [0.5, 0.6) is 11.5 Å². The van der Waals surface area contributed by atoms with Gasteiger partial charge in [0.1, 0.15) is 12.4 Å². The van der Waals surface area contributed by atoms with Gasteiger partial charge in [0.2, 0.25) is 12.7 Å². The smallest absolute Gasteiger partial charge is 0.240 e. The number of carbonyl (C=O) groups excluding carboxylic acids is 1. The molecule has 0 bridgehead atoms. The number of aryl methyl sites for hydroxylation is 1. The lowest BCUT2D eigenvalue weighted by molar-refractivity contribution is -0.122. The van der Waals surface area contributed by atoms with Crippen molar-refractivity contribution in [2.75, 3.05) is 6.79 Å². The van der Waals surface area contributed by atoms with Crippen LogP contribution >= 0.6 is 0 Å². The molecule has 0 spiro atoms. The number of nitrogens with zero attached hydrogens (tertiary/aromatic N) is 2. The molecule has 6 heteroatoms. The zero-order chi connectivity index (χ0) is 20.2. The summed E-state index contributed by atoms with van der Waals surface area (Å²) in [5.41, 5.74) is 2.93. The first kappa shape index (κ1) is 19.3. The molecule has 152 valence electrons. The van der Waals surface area contributed by atoms with Crippen molar-refractivity contribution >= 4 is 16.9 Å². The summed E-state index contributed by atoms with van der Waals surface area (Å²) < 4.78 is 12.9. The second-order valence-electron chi connectivity index (χ2n) is 7.46. The van der Waals surface area contributed by atoms with Crippen LogP contribution in [0.1, 0.15) is 50.5 Å². The third kappa shape index (κ3) is 4.21. The molecule has 0 fully saturated rings. The van der Waals surface area contributed by atoms with Crippen molar-refractivity contribution in [3.05, 3.63) is 53.9 Å². The molecule has 1 atom stereocenters. The van der Waals surface area contributed by atoms with Gasteiger partial charge in [0.05, 0.1) is 17.1 Å². The highest BCUT2D eigenvalue weighted by atomic mass is 16.7. The minimum Gasteiger partial charge on any atom is -0.454 e. The van der Waals surface area contributed by atoms with Gasteiger partial charge in [-0.15, -0.1) is 0 Å². The second kappa shape index (κ2) is 8.55. The number of benzene rings is 2. The molecule has 3 aromatic rings. The maximum atomic E-state index is 12.8. The number of para-hydroxylation sites is 2. The summed E-state index contributed by atoms with van der Waals surface area (Å²) in [5, 5.41) is 3.10. The molecule has 0 saturated heterocycles. The van der Waals surface area contributed by atoms with Crippen molar-refractivity contribution in [3.8, 4) is 11.5 Å². The average Bonchev–Trinajstić information content (AvgIpc) is 3.32. The van der Waals surface area contributed by atoms with Gasteiger partial charge in [-0.1, -0.05) is 38.0 Å². The summed E-state index contributed by atoms with van der Waals surface area (Å²) in [5.74, 6) is 2.41. The molecule has 0 radical (unpaired) electrons. The Labute approximate surface area is 170 Å². The number of hydrogen-bond donors (Lipinski definition) is 1. The highest BCUT2D eigenvalue weighted by Crippen LogP contribution is 2.34. The van der Waals surface area contributed by atoms with E-state index in [1.807, 2.05) is 54.0 Å². The lowest BCUT2D eigenvalue weighted by Gasteiger charge is -2.16. The van der Waals surface area contributed by atoms with Crippen LogP contribution in [0, 0.1) is 0 Å². The Morgan fingerprint density at radius 1 is 1.17 bits per heavy atom. The van der Waals surface area contributed by atoms with E-state index in [0.29, 0.717) is 0 Å². The number of nitrogens with one attached hydrogen (secondary N) is 1. The second-order valence-corrected chi connectivity index (χ2v) is 7.46. The van der Waals surface area contributed by atoms with Crippen LogP contribution < -0.4 is 14.8 Å². The van der Waals surface area contributed by atoms with Crippen molar-refractivity contribution in [3.63, 3.8) is 0 Å². The van der Waals surface area contributed by atoms with Gasteiger partial charge in [0.25, 0.3) is 0 Å². The Bertz CT molecular complexity index is 1010. The first-order chi connectivity index (χ1) is 14.2. The fourth-order valence-electron chi connectivity index (χ4n) is 3.72. The van der Waals surface area contributed by atoms with Gasteiger partial charge in [-0.2, -0.15) is 0 Å². The Hall–Kier alpha value is -3.02. The Morgan fingerprint density at radius 2 is 2.00 bits per heavy atom. The third-order valence-corrected chi connectivity index (χ3v) is 5.31.